The van der Waals surface area contributed by atoms with Crippen molar-refractivity contribution in [1.29, 1.82) is 0 Å². The van der Waals surface area contributed by atoms with Crippen molar-refractivity contribution in [2.75, 3.05) is 49.2 Å². The van der Waals surface area contributed by atoms with Crippen LogP contribution >= 0.6 is 0 Å². The van der Waals surface area contributed by atoms with Crippen molar-refractivity contribution in [2.24, 2.45) is 11.1 Å². The molecule has 4 amide bonds. The molecule has 11 nitrogen and oxygen atoms in total. The SMILES string of the molecule is Bc1cnc(Nc2cccc(NC(=O)N3CCCC3)c2)nc1NCCCN(C)C(=O)C(C)(C)C(N)=O. The summed E-state index contributed by atoms with van der Waals surface area (Å²) in [5.74, 6) is 0.145. The molecular formula is C24H35BN8O3. The number of nitrogens with one attached hydrogen (secondary N) is 3. The van der Waals surface area contributed by atoms with E-state index in [4.69, 9.17) is 5.73 Å². The molecule has 0 spiro atoms. The maximum atomic E-state index is 12.4. The molecular weight excluding hydrogens is 459 g/mol. The summed E-state index contributed by atoms with van der Waals surface area (Å²) in [5.41, 5.74) is 6.43. The van der Waals surface area contributed by atoms with Crippen molar-refractivity contribution in [3.05, 3.63) is 30.5 Å². The lowest BCUT2D eigenvalue weighted by atomic mass is 9.91. The lowest BCUT2D eigenvalue weighted by Gasteiger charge is -2.26. The highest BCUT2D eigenvalue weighted by atomic mass is 16.2. The number of nitrogens with zero attached hydrogens (tertiary/aromatic N) is 4. The quantitative estimate of drug-likeness (QED) is 0.218. The molecule has 1 aromatic carbocycles. The van der Waals surface area contributed by atoms with Crippen LogP contribution in [0.1, 0.15) is 33.1 Å². The number of hydrogen-bond acceptors (Lipinski definition) is 7. The molecule has 0 saturated carbocycles. The van der Waals surface area contributed by atoms with Crippen LogP contribution in [0.15, 0.2) is 30.5 Å². The Hall–Kier alpha value is -3.83. The monoisotopic (exact) mass is 494 g/mol. The highest BCUT2D eigenvalue weighted by Gasteiger charge is 2.36. The minimum atomic E-state index is -1.24. The summed E-state index contributed by atoms with van der Waals surface area (Å²) in [6.45, 7) is 5.67. The van der Waals surface area contributed by atoms with Crippen LogP contribution in [0.25, 0.3) is 0 Å². The van der Waals surface area contributed by atoms with Crippen LogP contribution in [0.3, 0.4) is 0 Å². The normalized spacial score (nSPS) is 13.2. The van der Waals surface area contributed by atoms with Gasteiger partial charge in [-0.1, -0.05) is 6.07 Å². The van der Waals surface area contributed by atoms with E-state index < -0.39 is 11.3 Å². The van der Waals surface area contributed by atoms with Gasteiger partial charge in [0.25, 0.3) is 0 Å². The van der Waals surface area contributed by atoms with Gasteiger partial charge in [-0.05, 0) is 56.8 Å². The first kappa shape index (κ1) is 26.8. The van der Waals surface area contributed by atoms with Gasteiger partial charge in [-0.2, -0.15) is 4.98 Å². The number of carbonyl (C=O) groups excluding carboxylic acids is 3. The Balaban J connectivity index is 1.54. The molecule has 0 unspecified atom stereocenters. The first-order valence-electron chi connectivity index (χ1n) is 12.1. The van der Waals surface area contributed by atoms with E-state index in [-0.39, 0.29) is 11.9 Å². The van der Waals surface area contributed by atoms with E-state index in [1.165, 1.54) is 18.7 Å². The van der Waals surface area contributed by atoms with E-state index in [9.17, 15) is 14.4 Å². The molecule has 1 aliphatic rings. The minimum Gasteiger partial charge on any atom is -0.370 e. The number of amides is 4. The van der Waals surface area contributed by atoms with Crippen LogP contribution in [0, 0.1) is 5.41 Å². The first-order chi connectivity index (χ1) is 17.1. The number of rotatable bonds is 10. The van der Waals surface area contributed by atoms with Crippen LogP contribution in [0.4, 0.5) is 27.9 Å². The van der Waals surface area contributed by atoms with Crippen molar-refractivity contribution >= 4 is 54.3 Å². The zero-order chi connectivity index (χ0) is 26.3. The van der Waals surface area contributed by atoms with Gasteiger partial charge in [-0.25, -0.2) is 9.78 Å². The molecule has 12 heteroatoms. The summed E-state index contributed by atoms with van der Waals surface area (Å²) in [6, 6.07) is 7.32. The fourth-order valence-electron chi connectivity index (χ4n) is 3.81. The van der Waals surface area contributed by atoms with Gasteiger partial charge in [0.2, 0.25) is 17.8 Å². The smallest absolute Gasteiger partial charge is 0.321 e. The number of urea groups is 1. The Morgan fingerprint density at radius 1 is 1.19 bits per heavy atom. The van der Waals surface area contributed by atoms with Crippen molar-refractivity contribution in [1.82, 2.24) is 19.8 Å². The molecule has 2 heterocycles. The Bertz CT molecular complexity index is 1100. The van der Waals surface area contributed by atoms with E-state index in [0.717, 1.165) is 37.1 Å². The van der Waals surface area contributed by atoms with Gasteiger partial charge in [-0.15, -0.1) is 0 Å². The molecule has 0 radical (unpaired) electrons. The number of hydrogen-bond donors (Lipinski definition) is 4. The van der Waals surface area contributed by atoms with Crippen LogP contribution in [-0.4, -0.2) is 78.7 Å². The molecule has 36 heavy (non-hydrogen) atoms. The van der Waals surface area contributed by atoms with Crippen LogP contribution in [-0.2, 0) is 9.59 Å². The lowest BCUT2D eigenvalue weighted by Crippen LogP contribution is -2.46. The van der Waals surface area contributed by atoms with Gasteiger partial charge in [-0.3, -0.25) is 9.59 Å². The Kier molecular flexibility index (Phi) is 8.73. The highest BCUT2D eigenvalue weighted by molar-refractivity contribution is 6.35. The molecule has 5 N–H and O–H groups in total. The molecule has 0 bridgehead atoms. The second-order valence-electron chi connectivity index (χ2n) is 9.55. The van der Waals surface area contributed by atoms with Gasteiger partial charge < -0.3 is 31.5 Å². The largest absolute Gasteiger partial charge is 0.370 e. The third-order valence-corrected chi connectivity index (χ3v) is 6.20. The zero-order valence-corrected chi connectivity index (χ0v) is 21.4. The Morgan fingerprint density at radius 2 is 1.89 bits per heavy atom. The fourth-order valence-corrected chi connectivity index (χ4v) is 3.81. The van der Waals surface area contributed by atoms with E-state index >= 15 is 0 Å². The van der Waals surface area contributed by atoms with Gasteiger partial charge >= 0.3 is 6.03 Å². The lowest BCUT2D eigenvalue weighted by molar-refractivity contribution is -0.146. The van der Waals surface area contributed by atoms with Crippen molar-refractivity contribution in [2.45, 2.75) is 33.1 Å². The molecule has 1 saturated heterocycles. The molecule has 0 aliphatic carbocycles. The standard InChI is InChI=1S/C24H35BN8O3/c1-24(2,20(26)34)21(35)32(3)11-7-10-27-19-18(25)15-28-22(31-19)29-16-8-6-9-17(14-16)30-23(36)33-12-4-5-13-33/h6,8-9,14-15H,4-5,7,10-13,25H2,1-3H3,(H2,26,34)(H,30,36)(H2,27,28,29,31). The van der Waals surface area contributed by atoms with Crippen LogP contribution in [0.2, 0.25) is 0 Å². The van der Waals surface area contributed by atoms with Gasteiger partial charge in [0.05, 0.1) is 0 Å². The van der Waals surface area contributed by atoms with E-state index in [2.05, 4.69) is 25.9 Å². The molecule has 2 aromatic rings. The zero-order valence-electron chi connectivity index (χ0n) is 21.4. The Morgan fingerprint density at radius 3 is 2.58 bits per heavy atom. The van der Waals surface area contributed by atoms with E-state index in [1.807, 2.05) is 37.0 Å². The molecule has 1 aliphatic heterocycles. The summed E-state index contributed by atoms with van der Waals surface area (Å²) < 4.78 is 0. The number of primary amides is 1. The van der Waals surface area contributed by atoms with E-state index in [0.29, 0.717) is 37.0 Å². The maximum Gasteiger partial charge on any atom is 0.321 e. The summed E-state index contributed by atoms with van der Waals surface area (Å²) in [6.07, 6.45) is 4.46. The number of benzene rings is 1. The molecule has 192 valence electrons. The fraction of sp³-hybridized carbons (Fsp3) is 0.458. The van der Waals surface area contributed by atoms with Gasteiger partial charge in [0.1, 0.15) is 19.1 Å². The predicted molar refractivity (Wildman–Crippen MR) is 143 cm³/mol. The van der Waals surface area contributed by atoms with Crippen molar-refractivity contribution in [3.8, 4) is 0 Å². The maximum absolute atomic E-state index is 12.4. The van der Waals surface area contributed by atoms with Crippen molar-refractivity contribution < 1.29 is 14.4 Å². The third-order valence-electron chi connectivity index (χ3n) is 6.20. The van der Waals surface area contributed by atoms with Crippen LogP contribution in [0.5, 0.6) is 0 Å². The van der Waals surface area contributed by atoms with E-state index in [1.54, 1.807) is 13.2 Å². The summed E-state index contributed by atoms with van der Waals surface area (Å²) >= 11 is 0. The average Bonchev–Trinajstić information content (AvgIpc) is 3.38. The topological polar surface area (TPSA) is 146 Å². The number of likely N-dealkylation sites (tertiary alicyclic amines) is 1. The predicted octanol–water partition coefficient (Wildman–Crippen LogP) is 0.878. The number of nitrogens with two attached hydrogens (primary N) is 1. The number of anilines is 4. The molecule has 1 aromatic heterocycles. The highest BCUT2D eigenvalue weighted by Crippen LogP contribution is 2.20. The summed E-state index contributed by atoms with van der Waals surface area (Å²) in [5, 5.41) is 9.40. The second-order valence-corrected chi connectivity index (χ2v) is 9.55. The Labute approximate surface area is 212 Å². The summed E-state index contributed by atoms with van der Waals surface area (Å²) in [7, 11) is 3.57. The summed E-state index contributed by atoms with van der Waals surface area (Å²) in [4.78, 5) is 48.6. The molecule has 3 rings (SSSR count). The van der Waals surface area contributed by atoms with Crippen molar-refractivity contribution in [3.63, 3.8) is 0 Å². The third kappa shape index (κ3) is 6.86. The number of carbonyl (C=O) groups is 3. The van der Waals surface area contributed by atoms with Crippen LogP contribution < -0.4 is 27.1 Å². The first-order valence-corrected chi connectivity index (χ1v) is 12.1. The van der Waals surface area contributed by atoms with Gasteiger partial charge in [0, 0.05) is 50.8 Å². The minimum absolute atomic E-state index is 0.0896. The second kappa shape index (κ2) is 11.7. The molecule has 0 atom stereocenters. The number of aromatic nitrogens is 2. The van der Waals surface area contributed by atoms with Gasteiger partial charge in [0.15, 0.2) is 0 Å². The average molecular weight is 494 g/mol. The molecule has 1 fully saturated rings.